The SMILES string of the molecule is Cc1ccc(C(=O)NC2(C#N)CCC(C)CC2)c(Cl)c1. The number of hydrogen-bond donors (Lipinski definition) is 1. The van der Waals surface area contributed by atoms with Gasteiger partial charge in [-0.05, 0) is 56.2 Å². The molecule has 1 fully saturated rings. The minimum atomic E-state index is -0.738. The maximum absolute atomic E-state index is 12.3. The molecule has 0 saturated heterocycles. The number of nitriles is 1. The van der Waals surface area contributed by atoms with Gasteiger partial charge in [-0.1, -0.05) is 24.6 Å². The highest BCUT2D eigenvalue weighted by Gasteiger charge is 2.36. The summed E-state index contributed by atoms with van der Waals surface area (Å²) < 4.78 is 0. The molecule has 3 nitrogen and oxygen atoms in total. The van der Waals surface area contributed by atoms with Gasteiger partial charge in [0.2, 0.25) is 0 Å². The molecule has 1 amide bonds. The molecule has 20 heavy (non-hydrogen) atoms. The van der Waals surface area contributed by atoms with Crippen molar-refractivity contribution in [3.63, 3.8) is 0 Å². The van der Waals surface area contributed by atoms with Gasteiger partial charge >= 0.3 is 0 Å². The molecule has 0 unspecified atom stereocenters. The fourth-order valence-electron chi connectivity index (χ4n) is 2.61. The lowest BCUT2D eigenvalue weighted by molar-refractivity contribution is 0.0894. The quantitative estimate of drug-likeness (QED) is 0.899. The Labute approximate surface area is 124 Å². The summed E-state index contributed by atoms with van der Waals surface area (Å²) in [5, 5.41) is 12.8. The highest BCUT2D eigenvalue weighted by molar-refractivity contribution is 6.33. The van der Waals surface area contributed by atoms with E-state index in [2.05, 4.69) is 18.3 Å². The first-order valence-electron chi connectivity index (χ1n) is 6.96. The molecular formula is C16H19ClN2O. The lowest BCUT2D eigenvalue weighted by Gasteiger charge is -2.34. The lowest BCUT2D eigenvalue weighted by atomic mass is 9.78. The van der Waals surface area contributed by atoms with Gasteiger partial charge in [-0.3, -0.25) is 4.79 Å². The van der Waals surface area contributed by atoms with Crippen molar-refractivity contribution >= 4 is 17.5 Å². The molecule has 2 rings (SSSR count). The second kappa shape index (κ2) is 5.85. The number of benzene rings is 1. The predicted octanol–water partition coefficient (Wildman–Crippen LogP) is 3.85. The Kier molecular flexibility index (Phi) is 4.35. The molecule has 4 heteroatoms. The highest BCUT2D eigenvalue weighted by Crippen LogP contribution is 2.32. The van der Waals surface area contributed by atoms with Gasteiger partial charge in [0.15, 0.2) is 0 Å². The molecular weight excluding hydrogens is 272 g/mol. The summed E-state index contributed by atoms with van der Waals surface area (Å²) in [6.07, 6.45) is 3.35. The molecule has 1 aliphatic rings. The van der Waals surface area contributed by atoms with E-state index in [0.717, 1.165) is 18.4 Å². The summed E-state index contributed by atoms with van der Waals surface area (Å²) in [4.78, 5) is 12.3. The smallest absolute Gasteiger partial charge is 0.254 e. The average molecular weight is 291 g/mol. The first-order valence-corrected chi connectivity index (χ1v) is 7.33. The maximum Gasteiger partial charge on any atom is 0.254 e. The summed E-state index contributed by atoms with van der Waals surface area (Å²) in [5.41, 5.74) is 0.705. The zero-order valence-electron chi connectivity index (χ0n) is 11.9. The van der Waals surface area contributed by atoms with Crippen molar-refractivity contribution in [1.29, 1.82) is 5.26 Å². The average Bonchev–Trinajstić information content (AvgIpc) is 2.41. The van der Waals surface area contributed by atoms with Crippen LogP contribution in [-0.2, 0) is 0 Å². The van der Waals surface area contributed by atoms with Gasteiger partial charge in [0.1, 0.15) is 5.54 Å². The molecule has 1 aromatic rings. The van der Waals surface area contributed by atoms with Crippen LogP contribution in [0.1, 0.15) is 48.5 Å². The Bertz CT molecular complexity index is 554. The number of carbonyl (C=O) groups is 1. The van der Waals surface area contributed by atoms with Crippen LogP contribution in [0.25, 0.3) is 0 Å². The fourth-order valence-corrected chi connectivity index (χ4v) is 2.93. The molecule has 0 atom stereocenters. The van der Waals surface area contributed by atoms with E-state index in [4.69, 9.17) is 11.6 Å². The third-order valence-corrected chi connectivity index (χ3v) is 4.38. The van der Waals surface area contributed by atoms with E-state index in [0.29, 0.717) is 29.3 Å². The number of aryl methyl sites for hydroxylation is 1. The van der Waals surface area contributed by atoms with Gasteiger partial charge in [-0.25, -0.2) is 0 Å². The third-order valence-electron chi connectivity index (χ3n) is 4.06. The second-order valence-electron chi connectivity index (χ2n) is 5.81. The largest absolute Gasteiger partial charge is 0.334 e. The third kappa shape index (κ3) is 3.13. The van der Waals surface area contributed by atoms with Gasteiger partial charge in [-0.2, -0.15) is 5.26 Å². The summed E-state index contributed by atoms with van der Waals surface area (Å²) >= 11 is 6.11. The van der Waals surface area contributed by atoms with Crippen LogP contribution in [0, 0.1) is 24.2 Å². The number of halogens is 1. The monoisotopic (exact) mass is 290 g/mol. The standard InChI is InChI=1S/C16H19ClN2O/c1-11-5-7-16(10-18,8-6-11)19-15(20)13-4-3-12(2)9-14(13)17/h3-4,9,11H,5-8H2,1-2H3,(H,19,20). The Hall–Kier alpha value is -1.53. The van der Waals surface area contributed by atoms with Crippen LogP contribution in [-0.4, -0.2) is 11.4 Å². The van der Waals surface area contributed by atoms with E-state index in [9.17, 15) is 10.1 Å². The van der Waals surface area contributed by atoms with Crippen LogP contribution in [0.3, 0.4) is 0 Å². The molecule has 1 saturated carbocycles. The van der Waals surface area contributed by atoms with E-state index >= 15 is 0 Å². The zero-order valence-corrected chi connectivity index (χ0v) is 12.6. The molecule has 0 aliphatic heterocycles. The molecule has 0 aromatic heterocycles. The second-order valence-corrected chi connectivity index (χ2v) is 6.22. The van der Waals surface area contributed by atoms with E-state index in [1.54, 1.807) is 12.1 Å². The van der Waals surface area contributed by atoms with Crippen LogP contribution in [0.15, 0.2) is 18.2 Å². The summed E-state index contributed by atoms with van der Waals surface area (Å²) in [7, 11) is 0. The van der Waals surface area contributed by atoms with Crippen molar-refractivity contribution in [1.82, 2.24) is 5.32 Å². The van der Waals surface area contributed by atoms with Gasteiger partial charge in [0, 0.05) is 0 Å². The van der Waals surface area contributed by atoms with Crippen LogP contribution >= 0.6 is 11.6 Å². The van der Waals surface area contributed by atoms with Crippen molar-refractivity contribution in [3.05, 3.63) is 34.3 Å². The fraction of sp³-hybridized carbons (Fsp3) is 0.500. The van der Waals surface area contributed by atoms with E-state index in [1.165, 1.54) is 0 Å². The van der Waals surface area contributed by atoms with Crippen LogP contribution in [0.5, 0.6) is 0 Å². The molecule has 106 valence electrons. The maximum atomic E-state index is 12.3. The van der Waals surface area contributed by atoms with Crippen LogP contribution in [0.2, 0.25) is 5.02 Å². The van der Waals surface area contributed by atoms with Crippen molar-refractivity contribution < 1.29 is 4.79 Å². The number of amides is 1. The van der Waals surface area contributed by atoms with Crippen LogP contribution in [0.4, 0.5) is 0 Å². The molecule has 1 aromatic carbocycles. The Balaban J connectivity index is 2.16. The van der Waals surface area contributed by atoms with Crippen molar-refractivity contribution in [2.75, 3.05) is 0 Å². The number of hydrogen-bond acceptors (Lipinski definition) is 2. The first kappa shape index (κ1) is 14.9. The van der Waals surface area contributed by atoms with Gasteiger partial charge in [0.25, 0.3) is 5.91 Å². The van der Waals surface area contributed by atoms with Gasteiger partial charge < -0.3 is 5.32 Å². The summed E-state index contributed by atoms with van der Waals surface area (Å²) in [6.45, 7) is 4.10. The van der Waals surface area contributed by atoms with Gasteiger partial charge in [0.05, 0.1) is 16.7 Å². The van der Waals surface area contributed by atoms with E-state index < -0.39 is 5.54 Å². The molecule has 0 radical (unpaired) electrons. The summed E-state index contributed by atoms with van der Waals surface area (Å²) in [5.74, 6) is 0.363. The van der Waals surface area contributed by atoms with Gasteiger partial charge in [-0.15, -0.1) is 0 Å². The van der Waals surface area contributed by atoms with Crippen LogP contribution < -0.4 is 5.32 Å². The topological polar surface area (TPSA) is 52.9 Å². The Morgan fingerprint density at radius 3 is 2.65 bits per heavy atom. The number of nitrogens with zero attached hydrogens (tertiary/aromatic N) is 1. The van der Waals surface area contributed by atoms with E-state index in [1.807, 2.05) is 13.0 Å². The molecule has 0 bridgehead atoms. The number of rotatable bonds is 2. The Morgan fingerprint density at radius 1 is 1.45 bits per heavy atom. The molecule has 0 spiro atoms. The Morgan fingerprint density at radius 2 is 2.10 bits per heavy atom. The minimum Gasteiger partial charge on any atom is -0.334 e. The zero-order chi connectivity index (χ0) is 14.8. The minimum absolute atomic E-state index is 0.258. The number of nitrogens with one attached hydrogen (secondary N) is 1. The first-order chi connectivity index (χ1) is 9.46. The molecule has 1 aliphatic carbocycles. The predicted molar refractivity (Wildman–Crippen MR) is 79.6 cm³/mol. The van der Waals surface area contributed by atoms with Crippen molar-refractivity contribution in [2.45, 2.75) is 45.1 Å². The normalized spacial score (nSPS) is 25.8. The van der Waals surface area contributed by atoms with Crippen molar-refractivity contribution in [3.8, 4) is 6.07 Å². The lowest BCUT2D eigenvalue weighted by Crippen LogP contribution is -2.49. The summed E-state index contributed by atoms with van der Waals surface area (Å²) in [6, 6.07) is 7.62. The number of carbonyl (C=O) groups excluding carboxylic acids is 1. The van der Waals surface area contributed by atoms with Crippen molar-refractivity contribution in [2.24, 2.45) is 5.92 Å². The highest BCUT2D eigenvalue weighted by atomic mass is 35.5. The molecule has 0 heterocycles. The van der Waals surface area contributed by atoms with E-state index in [-0.39, 0.29) is 5.91 Å². The molecule has 1 N–H and O–H groups in total.